The van der Waals surface area contributed by atoms with Crippen molar-refractivity contribution in [2.24, 2.45) is 5.92 Å². The smallest absolute Gasteiger partial charge is 0.0146 e. The molecule has 0 bridgehead atoms. The van der Waals surface area contributed by atoms with E-state index in [1.54, 1.807) is 0 Å². The molecule has 0 radical (unpaired) electrons. The van der Waals surface area contributed by atoms with E-state index in [1.165, 1.54) is 22.3 Å². The first-order chi connectivity index (χ1) is 8.61. The van der Waals surface area contributed by atoms with Gasteiger partial charge >= 0.3 is 0 Å². The van der Waals surface area contributed by atoms with Crippen molar-refractivity contribution in [2.45, 2.75) is 27.7 Å². The highest BCUT2D eigenvalue weighted by molar-refractivity contribution is 5.56. The zero-order valence-corrected chi connectivity index (χ0v) is 11.8. The molecule has 0 fully saturated rings. The number of rotatable bonds is 4. The Bertz CT molecular complexity index is 496. The summed E-state index contributed by atoms with van der Waals surface area (Å²) < 4.78 is 0. The van der Waals surface area contributed by atoms with Gasteiger partial charge in [0.25, 0.3) is 0 Å². The van der Waals surface area contributed by atoms with Gasteiger partial charge in [-0.3, -0.25) is 0 Å². The Hall–Kier alpha value is -1.78. The van der Waals surface area contributed by atoms with Crippen LogP contribution in [-0.2, 0) is 0 Å². The van der Waals surface area contributed by atoms with Gasteiger partial charge in [-0.05, 0) is 54.2 Å². The van der Waals surface area contributed by atoms with Gasteiger partial charge in [0, 0.05) is 0 Å². The van der Waals surface area contributed by atoms with Crippen LogP contribution in [0.5, 0.6) is 0 Å². The van der Waals surface area contributed by atoms with E-state index in [0.717, 1.165) is 0 Å². The lowest BCUT2D eigenvalue weighted by molar-refractivity contribution is 0.785. The third kappa shape index (κ3) is 3.35. The lowest BCUT2D eigenvalue weighted by atomic mass is 9.89. The van der Waals surface area contributed by atoms with E-state index in [0.29, 0.717) is 5.92 Å². The highest BCUT2D eigenvalue weighted by Gasteiger charge is 2.10. The maximum Gasteiger partial charge on any atom is -0.0146 e. The Morgan fingerprint density at radius 2 is 2.11 bits per heavy atom. The predicted octanol–water partition coefficient (Wildman–Crippen LogP) is 5.30. The maximum absolute atomic E-state index is 3.98. The minimum absolute atomic E-state index is 0.475. The summed E-state index contributed by atoms with van der Waals surface area (Å²) >= 11 is 0. The second-order valence-electron chi connectivity index (χ2n) is 4.66. The van der Waals surface area contributed by atoms with E-state index >= 15 is 0 Å². The van der Waals surface area contributed by atoms with Gasteiger partial charge in [0.05, 0.1) is 0 Å². The third-order valence-corrected chi connectivity index (χ3v) is 2.95. The largest absolute Gasteiger partial charge is 0.121 e. The molecule has 0 aromatic carbocycles. The molecule has 0 heterocycles. The molecule has 0 atom stereocenters. The van der Waals surface area contributed by atoms with Crippen LogP contribution in [0.15, 0.2) is 77.1 Å². The summed E-state index contributed by atoms with van der Waals surface area (Å²) in [4.78, 5) is 0. The minimum Gasteiger partial charge on any atom is -0.121 e. The molecular formula is C18H22. The monoisotopic (exact) mass is 238 g/mol. The van der Waals surface area contributed by atoms with Crippen LogP contribution >= 0.6 is 0 Å². The van der Waals surface area contributed by atoms with Gasteiger partial charge in [0.2, 0.25) is 0 Å². The van der Waals surface area contributed by atoms with Gasteiger partial charge in [-0.15, -0.1) is 5.73 Å². The Balaban J connectivity index is 3.46. The fourth-order valence-electron chi connectivity index (χ4n) is 2.04. The SMILES string of the molecule is C=C/C(C1=C(C)C=C=CC=C1)=C(\C=C/C)C(C)C. The van der Waals surface area contributed by atoms with Crippen molar-refractivity contribution >= 4 is 0 Å². The summed E-state index contributed by atoms with van der Waals surface area (Å²) in [6, 6.07) is 0. The Labute approximate surface area is 111 Å². The summed E-state index contributed by atoms with van der Waals surface area (Å²) in [5.41, 5.74) is 8.12. The second-order valence-corrected chi connectivity index (χ2v) is 4.66. The fraction of sp³-hybridized carbons (Fsp3) is 0.278. The van der Waals surface area contributed by atoms with Crippen molar-refractivity contribution in [3.05, 3.63) is 77.1 Å². The standard InChI is InChI=1S/C18H22/c1-6-11-17(14(3)4)16(7-2)18-13-10-8-9-12-15(18)5/h6-8,10-14H,2H2,1,3-5H3/b11-6-,17-16-. The van der Waals surface area contributed by atoms with Crippen molar-refractivity contribution < 1.29 is 0 Å². The summed E-state index contributed by atoms with van der Waals surface area (Å²) in [5.74, 6) is 0.475. The lowest BCUT2D eigenvalue weighted by Gasteiger charge is -2.15. The Morgan fingerprint density at radius 1 is 1.39 bits per heavy atom. The molecule has 94 valence electrons. The summed E-state index contributed by atoms with van der Waals surface area (Å²) in [7, 11) is 0. The quantitative estimate of drug-likeness (QED) is 0.460. The van der Waals surface area contributed by atoms with Gasteiger partial charge in [-0.25, -0.2) is 0 Å². The average Bonchev–Trinajstić information content (AvgIpc) is 2.54. The molecule has 18 heavy (non-hydrogen) atoms. The Morgan fingerprint density at radius 3 is 2.67 bits per heavy atom. The molecule has 0 unspecified atom stereocenters. The van der Waals surface area contributed by atoms with Crippen LogP contribution < -0.4 is 0 Å². The lowest BCUT2D eigenvalue weighted by Crippen LogP contribution is -1.99. The van der Waals surface area contributed by atoms with Crippen LogP contribution in [0.1, 0.15) is 27.7 Å². The van der Waals surface area contributed by atoms with Crippen LogP contribution in [0.3, 0.4) is 0 Å². The molecule has 0 aromatic heterocycles. The first kappa shape index (κ1) is 14.3. The fourth-order valence-corrected chi connectivity index (χ4v) is 2.04. The molecule has 0 aromatic rings. The van der Waals surface area contributed by atoms with Crippen LogP contribution in [0.25, 0.3) is 0 Å². The molecule has 0 N–H and O–H groups in total. The topological polar surface area (TPSA) is 0 Å². The summed E-state index contributed by atoms with van der Waals surface area (Å²) in [6.45, 7) is 12.6. The third-order valence-electron chi connectivity index (χ3n) is 2.95. The van der Waals surface area contributed by atoms with Crippen LogP contribution in [-0.4, -0.2) is 0 Å². The van der Waals surface area contributed by atoms with Gasteiger partial charge in [0.15, 0.2) is 0 Å². The van der Waals surface area contributed by atoms with E-state index in [1.807, 2.05) is 24.3 Å². The molecule has 1 rings (SSSR count). The summed E-state index contributed by atoms with van der Waals surface area (Å²) in [6.07, 6.45) is 14.3. The van der Waals surface area contributed by atoms with Crippen LogP contribution in [0, 0.1) is 5.92 Å². The van der Waals surface area contributed by atoms with Crippen molar-refractivity contribution in [2.75, 3.05) is 0 Å². The molecule has 0 saturated heterocycles. The molecular weight excluding hydrogens is 216 g/mol. The van der Waals surface area contributed by atoms with Crippen LogP contribution in [0.2, 0.25) is 0 Å². The number of allylic oxidation sites excluding steroid dienone is 10. The molecule has 0 heteroatoms. The highest BCUT2D eigenvalue weighted by atomic mass is 14.1. The van der Waals surface area contributed by atoms with Gasteiger partial charge in [-0.1, -0.05) is 50.8 Å². The van der Waals surface area contributed by atoms with Gasteiger partial charge in [0.1, 0.15) is 0 Å². The molecule has 0 aliphatic heterocycles. The van der Waals surface area contributed by atoms with E-state index in [2.05, 4.69) is 58.2 Å². The zero-order chi connectivity index (χ0) is 13.5. The Kier molecular flexibility index (Phi) is 5.42. The molecule has 0 amide bonds. The normalized spacial score (nSPS) is 16.5. The van der Waals surface area contributed by atoms with Crippen molar-refractivity contribution in [1.82, 2.24) is 0 Å². The van der Waals surface area contributed by atoms with Gasteiger partial charge < -0.3 is 0 Å². The maximum atomic E-state index is 3.98. The zero-order valence-electron chi connectivity index (χ0n) is 11.8. The molecule has 0 saturated carbocycles. The summed E-state index contributed by atoms with van der Waals surface area (Å²) in [5, 5.41) is 0. The minimum atomic E-state index is 0.475. The first-order valence-electron chi connectivity index (χ1n) is 6.41. The van der Waals surface area contributed by atoms with Crippen molar-refractivity contribution in [3.63, 3.8) is 0 Å². The van der Waals surface area contributed by atoms with Crippen molar-refractivity contribution in [3.8, 4) is 0 Å². The average molecular weight is 238 g/mol. The van der Waals surface area contributed by atoms with E-state index in [9.17, 15) is 0 Å². The number of hydrogen-bond acceptors (Lipinski definition) is 0. The van der Waals surface area contributed by atoms with E-state index < -0.39 is 0 Å². The highest BCUT2D eigenvalue weighted by Crippen LogP contribution is 2.27. The molecule has 0 nitrogen and oxygen atoms in total. The number of hydrogen-bond donors (Lipinski definition) is 0. The van der Waals surface area contributed by atoms with Crippen molar-refractivity contribution in [1.29, 1.82) is 0 Å². The first-order valence-corrected chi connectivity index (χ1v) is 6.41. The van der Waals surface area contributed by atoms with E-state index in [-0.39, 0.29) is 0 Å². The van der Waals surface area contributed by atoms with Gasteiger partial charge in [-0.2, -0.15) is 0 Å². The van der Waals surface area contributed by atoms with E-state index in [4.69, 9.17) is 0 Å². The predicted molar refractivity (Wildman–Crippen MR) is 81.4 cm³/mol. The molecule has 1 aliphatic carbocycles. The second kappa shape index (κ2) is 6.83. The van der Waals surface area contributed by atoms with Crippen LogP contribution in [0.4, 0.5) is 0 Å². The molecule has 1 aliphatic rings. The molecule has 0 spiro atoms.